The molecule has 0 unspecified atom stereocenters. The molecule has 3 N–H and O–H groups in total. The standard InChI is InChI=1S/C10H7ClFN3S/c11-7-1-2-9(8(12)3-7)15-5-6(4-13)10(14)16/h1-3,5,15H,(H2,14,16)/b6-5+. The van der Waals surface area contributed by atoms with E-state index in [1.807, 2.05) is 0 Å². The van der Waals surface area contributed by atoms with Crippen LogP contribution in [0.4, 0.5) is 10.1 Å². The minimum Gasteiger partial charge on any atom is -0.389 e. The van der Waals surface area contributed by atoms with Gasteiger partial charge >= 0.3 is 0 Å². The third kappa shape index (κ3) is 3.19. The van der Waals surface area contributed by atoms with E-state index in [4.69, 9.17) is 22.6 Å². The Morgan fingerprint density at radius 3 is 2.81 bits per heavy atom. The summed E-state index contributed by atoms with van der Waals surface area (Å²) in [6.45, 7) is 0. The lowest BCUT2D eigenvalue weighted by Gasteiger charge is -2.03. The number of hydrogen-bond acceptors (Lipinski definition) is 3. The first-order chi connectivity index (χ1) is 7.54. The fourth-order valence-electron chi connectivity index (χ4n) is 0.915. The molecule has 3 nitrogen and oxygen atoms in total. The van der Waals surface area contributed by atoms with Crippen molar-refractivity contribution in [3.63, 3.8) is 0 Å². The third-order valence-electron chi connectivity index (χ3n) is 1.69. The Balaban J connectivity index is 2.90. The van der Waals surface area contributed by atoms with Crippen LogP contribution < -0.4 is 11.1 Å². The molecular weight excluding hydrogens is 249 g/mol. The molecule has 0 amide bonds. The van der Waals surface area contributed by atoms with E-state index in [-0.39, 0.29) is 16.2 Å². The van der Waals surface area contributed by atoms with Gasteiger partial charge in [0, 0.05) is 11.2 Å². The van der Waals surface area contributed by atoms with Gasteiger partial charge in [-0.2, -0.15) is 5.26 Å². The van der Waals surface area contributed by atoms with Crippen LogP contribution in [0.3, 0.4) is 0 Å². The minimum atomic E-state index is -0.524. The largest absolute Gasteiger partial charge is 0.389 e. The smallest absolute Gasteiger partial charge is 0.148 e. The van der Waals surface area contributed by atoms with Crippen LogP contribution in [0.1, 0.15) is 0 Å². The second-order valence-electron chi connectivity index (χ2n) is 2.80. The van der Waals surface area contributed by atoms with E-state index in [0.717, 1.165) is 6.07 Å². The Morgan fingerprint density at radius 2 is 2.31 bits per heavy atom. The van der Waals surface area contributed by atoms with Gasteiger partial charge in [0.05, 0.1) is 5.69 Å². The van der Waals surface area contributed by atoms with Crippen molar-refractivity contribution < 1.29 is 4.39 Å². The Kier molecular flexibility index (Phi) is 4.23. The molecule has 0 spiro atoms. The Morgan fingerprint density at radius 1 is 1.62 bits per heavy atom. The molecule has 0 aliphatic carbocycles. The van der Waals surface area contributed by atoms with Gasteiger partial charge in [0.1, 0.15) is 22.4 Å². The van der Waals surface area contributed by atoms with Crippen molar-refractivity contribution in [1.29, 1.82) is 5.26 Å². The van der Waals surface area contributed by atoms with Crippen LogP contribution in [0.25, 0.3) is 0 Å². The molecule has 0 atom stereocenters. The number of halogens is 2. The number of anilines is 1. The van der Waals surface area contributed by atoms with Crippen LogP contribution in [-0.4, -0.2) is 4.99 Å². The zero-order chi connectivity index (χ0) is 12.1. The maximum Gasteiger partial charge on any atom is 0.148 e. The summed E-state index contributed by atoms with van der Waals surface area (Å²) in [6, 6.07) is 5.91. The summed E-state index contributed by atoms with van der Waals surface area (Å²) in [5, 5.41) is 11.5. The summed E-state index contributed by atoms with van der Waals surface area (Å²) in [6.07, 6.45) is 1.24. The lowest BCUT2D eigenvalue weighted by atomic mass is 10.3. The number of nitrogens with one attached hydrogen (secondary N) is 1. The SMILES string of the molecule is N#C/C(=C\Nc1ccc(Cl)cc1F)C(N)=S. The lowest BCUT2D eigenvalue weighted by molar-refractivity contribution is 0.632. The molecule has 16 heavy (non-hydrogen) atoms. The van der Waals surface area contributed by atoms with Crippen LogP contribution in [-0.2, 0) is 0 Å². The number of nitrogens with two attached hydrogens (primary N) is 1. The predicted molar refractivity (Wildman–Crippen MR) is 65.5 cm³/mol. The van der Waals surface area contributed by atoms with E-state index >= 15 is 0 Å². The summed E-state index contributed by atoms with van der Waals surface area (Å²) in [5.74, 6) is -0.524. The monoisotopic (exact) mass is 255 g/mol. The van der Waals surface area contributed by atoms with E-state index in [2.05, 4.69) is 17.5 Å². The highest BCUT2D eigenvalue weighted by atomic mass is 35.5. The van der Waals surface area contributed by atoms with Gasteiger partial charge in [0.15, 0.2) is 0 Å². The van der Waals surface area contributed by atoms with Crippen molar-refractivity contribution in [2.24, 2.45) is 5.73 Å². The maximum atomic E-state index is 13.3. The number of benzene rings is 1. The summed E-state index contributed by atoms with van der Waals surface area (Å²) in [5.41, 5.74) is 5.52. The first kappa shape index (κ1) is 12.4. The van der Waals surface area contributed by atoms with Crippen LogP contribution in [0.5, 0.6) is 0 Å². The van der Waals surface area contributed by atoms with Crippen molar-refractivity contribution in [3.8, 4) is 6.07 Å². The summed E-state index contributed by atoms with van der Waals surface area (Å²) < 4.78 is 13.3. The molecule has 82 valence electrons. The molecule has 1 aromatic carbocycles. The molecule has 0 saturated carbocycles. The highest BCUT2D eigenvalue weighted by Gasteiger charge is 2.02. The molecule has 0 heterocycles. The summed E-state index contributed by atoms with van der Waals surface area (Å²) in [4.78, 5) is -0.0515. The van der Waals surface area contributed by atoms with Crippen molar-refractivity contribution in [2.45, 2.75) is 0 Å². The molecule has 1 aromatic rings. The van der Waals surface area contributed by atoms with Gasteiger partial charge in [-0.05, 0) is 18.2 Å². The fraction of sp³-hybridized carbons (Fsp3) is 0. The minimum absolute atomic E-state index is 0.0515. The molecule has 0 aromatic heterocycles. The molecule has 0 aliphatic rings. The van der Waals surface area contributed by atoms with Gasteiger partial charge in [0.25, 0.3) is 0 Å². The molecule has 0 fully saturated rings. The molecule has 6 heteroatoms. The molecule has 1 rings (SSSR count). The van der Waals surface area contributed by atoms with Gasteiger partial charge in [-0.15, -0.1) is 0 Å². The predicted octanol–water partition coefficient (Wildman–Crippen LogP) is 2.58. The maximum absolute atomic E-state index is 13.3. The van der Waals surface area contributed by atoms with E-state index in [1.165, 1.54) is 18.3 Å². The zero-order valence-electron chi connectivity index (χ0n) is 8.00. The average Bonchev–Trinajstić information content (AvgIpc) is 2.21. The number of rotatable bonds is 3. The highest BCUT2D eigenvalue weighted by Crippen LogP contribution is 2.18. The van der Waals surface area contributed by atoms with Crippen LogP contribution in [0, 0.1) is 17.1 Å². The summed E-state index contributed by atoms with van der Waals surface area (Å²) >= 11 is 10.2. The topological polar surface area (TPSA) is 61.8 Å². The number of nitrogens with zero attached hydrogens (tertiary/aromatic N) is 1. The van der Waals surface area contributed by atoms with Gasteiger partial charge in [-0.1, -0.05) is 23.8 Å². The molecular formula is C10H7ClFN3S. The van der Waals surface area contributed by atoms with E-state index in [1.54, 1.807) is 6.07 Å². The normalized spacial score (nSPS) is 10.7. The molecule has 0 radical (unpaired) electrons. The lowest BCUT2D eigenvalue weighted by Crippen LogP contribution is -2.11. The number of hydrogen-bond donors (Lipinski definition) is 2. The first-order valence-electron chi connectivity index (χ1n) is 4.16. The Hall–Kier alpha value is -1.64. The van der Waals surface area contributed by atoms with E-state index in [9.17, 15) is 4.39 Å². The Bertz CT molecular complexity index is 493. The van der Waals surface area contributed by atoms with Crippen molar-refractivity contribution in [3.05, 3.63) is 40.8 Å². The number of nitriles is 1. The van der Waals surface area contributed by atoms with Gasteiger partial charge in [-0.3, -0.25) is 0 Å². The average molecular weight is 256 g/mol. The van der Waals surface area contributed by atoms with E-state index < -0.39 is 5.82 Å². The first-order valence-corrected chi connectivity index (χ1v) is 4.95. The number of thiocarbonyl (C=S) groups is 1. The van der Waals surface area contributed by atoms with Crippen molar-refractivity contribution in [1.82, 2.24) is 0 Å². The van der Waals surface area contributed by atoms with Crippen molar-refractivity contribution in [2.75, 3.05) is 5.32 Å². The second-order valence-corrected chi connectivity index (χ2v) is 3.68. The fourth-order valence-corrected chi connectivity index (χ4v) is 1.18. The van der Waals surface area contributed by atoms with Gasteiger partial charge in [-0.25, -0.2) is 4.39 Å². The van der Waals surface area contributed by atoms with Gasteiger partial charge < -0.3 is 11.1 Å². The Labute approximate surface area is 102 Å². The highest BCUT2D eigenvalue weighted by molar-refractivity contribution is 7.80. The van der Waals surface area contributed by atoms with Gasteiger partial charge in [0.2, 0.25) is 0 Å². The van der Waals surface area contributed by atoms with Crippen LogP contribution >= 0.6 is 23.8 Å². The van der Waals surface area contributed by atoms with E-state index in [0.29, 0.717) is 5.02 Å². The molecule has 0 aliphatic heterocycles. The third-order valence-corrected chi connectivity index (χ3v) is 2.14. The van der Waals surface area contributed by atoms with Crippen molar-refractivity contribution >= 4 is 34.5 Å². The van der Waals surface area contributed by atoms with Crippen LogP contribution in [0.2, 0.25) is 5.02 Å². The molecule has 0 saturated heterocycles. The zero-order valence-corrected chi connectivity index (χ0v) is 9.57. The quantitative estimate of drug-likeness (QED) is 0.495. The van der Waals surface area contributed by atoms with Crippen LogP contribution in [0.15, 0.2) is 30.0 Å². The second kappa shape index (κ2) is 5.45. The molecule has 0 bridgehead atoms. The summed E-state index contributed by atoms with van der Waals surface area (Å²) in [7, 11) is 0.